The topological polar surface area (TPSA) is 18.5 Å². The van der Waals surface area contributed by atoms with Crippen molar-refractivity contribution >= 4 is 7.12 Å². The zero-order valence-electron chi connectivity index (χ0n) is 12.1. The van der Waals surface area contributed by atoms with E-state index in [0.717, 1.165) is 12.7 Å². The molecule has 0 N–H and O–H groups in total. The Morgan fingerprint density at radius 2 is 1.53 bits per heavy atom. The maximum Gasteiger partial charge on any atom is 0.457 e. The van der Waals surface area contributed by atoms with Crippen LogP contribution in [0.4, 0.5) is 0 Å². The summed E-state index contributed by atoms with van der Waals surface area (Å²) in [4.78, 5) is 0. The van der Waals surface area contributed by atoms with Gasteiger partial charge in [0.05, 0.1) is 11.2 Å². The summed E-state index contributed by atoms with van der Waals surface area (Å²) in [6.07, 6.45) is 10.2. The normalized spacial score (nSPS) is 22.5. The average Bonchev–Trinajstić information content (AvgIpc) is 2.41. The summed E-state index contributed by atoms with van der Waals surface area (Å²) in [5, 5.41) is 0. The standard InChI is InChI=1S/C14H27BO2/c1-6-7-8-9-10-11-12-15-16-13(2,3)14(4,5)17-15/h7-8H,6,9-12H2,1-5H3/b8-7+. The Bertz CT molecular complexity index is 243. The van der Waals surface area contributed by atoms with Gasteiger partial charge < -0.3 is 9.31 Å². The van der Waals surface area contributed by atoms with E-state index >= 15 is 0 Å². The second-order valence-corrected chi connectivity index (χ2v) is 5.85. The van der Waals surface area contributed by atoms with Gasteiger partial charge in [-0.2, -0.15) is 0 Å². The largest absolute Gasteiger partial charge is 0.457 e. The van der Waals surface area contributed by atoms with Gasteiger partial charge in [-0.15, -0.1) is 0 Å². The van der Waals surface area contributed by atoms with Gasteiger partial charge in [0.15, 0.2) is 0 Å². The van der Waals surface area contributed by atoms with Gasteiger partial charge in [0.2, 0.25) is 0 Å². The Kier molecular flexibility index (Phi) is 5.27. The van der Waals surface area contributed by atoms with Crippen molar-refractivity contribution in [3.63, 3.8) is 0 Å². The molecule has 0 aromatic rings. The summed E-state index contributed by atoms with van der Waals surface area (Å²) >= 11 is 0. The van der Waals surface area contributed by atoms with E-state index in [1.807, 2.05) is 0 Å². The van der Waals surface area contributed by atoms with Crippen LogP contribution in [0.25, 0.3) is 0 Å². The Hall–Kier alpha value is -0.275. The average molecular weight is 238 g/mol. The molecule has 1 aliphatic heterocycles. The van der Waals surface area contributed by atoms with E-state index in [4.69, 9.17) is 9.31 Å². The monoisotopic (exact) mass is 238 g/mol. The van der Waals surface area contributed by atoms with E-state index in [0.29, 0.717) is 0 Å². The molecule has 0 radical (unpaired) electrons. The van der Waals surface area contributed by atoms with Gasteiger partial charge in [-0.1, -0.05) is 31.9 Å². The summed E-state index contributed by atoms with van der Waals surface area (Å²) < 4.78 is 11.9. The summed E-state index contributed by atoms with van der Waals surface area (Å²) in [7, 11) is -0.0184. The molecule has 1 heterocycles. The molecular weight excluding hydrogens is 211 g/mol. The molecule has 0 unspecified atom stereocenters. The quantitative estimate of drug-likeness (QED) is 0.392. The molecule has 0 amide bonds. The number of hydrogen-bond acceptors (Lipinski definition) is 2. The molecule has 98 valence electrons. The number of allylic oxidation sites excluding steroid dienone is 2. The second-order valence-electron chi connectivity index (χ2n) is 5.85. The van der Waals surface area contributed by atoms with Gasteiger partial charge in [-0.25, -0.2) is 0 Å². The van der Waals surface area contributed by atoms with Crippen molar-refractivity contribution in [1.29, 1.82) is 0 Å². The molecule has 0 aliphatic carbocycles. The number of rotatable bonds is 6. The number of unbranched alkanes of at least 4 members (excludes halogenated alkanes) is 2. The first-order valence-electron chi connectivity index (χ1n) is 6.89. The highest BCUT2D eigenvalue weighted by atomic mass is 16.7. The van der Waals surface area contributed by atoms with Crippen molar-refractivity contribution in [2.24, 2.45) is 0 Å². The fourth-order valence-electron chi connectivity index (χ4n) is 1.94. The fourth-order valence-corrected chi connectivity index (χ4v) is 1.94. The molecule has 1 rings (SSSR count). The Morgan fingerprint density at radius 1 is 0.941 bits per heavy atom. The third-order valence-electron chi connectivity index (χ3n) is 3.77. The van der Waals surface area contributed by atoms with Crippen LogP contribution in [0.1, 0.15) is 60.3 Å². The van der Waals surface area contributed by atoms with Gasteiger partial charge in [-0.3, -0.25) is 0 Å². The van der Waals surface area contributed by atoms with Crippen LogP contribution < -0.4 is 0 Å². The van der Waals surface area contributed by atoms with Crippen molar-refractivity contribution < 1.29 is 9.31 Å². The van der Waals surface area contributed by atoms with Crippen LogP contribution in [0, 0.1) is 0 Å². The minimum Gasteiger partial charge on any atom is -0.403 e. The van der Waals surface area contributed by atoms with E-state index in [-0.39, 0.29) is 18.3 Å². The van der Waals surface area contributed by atoms with Crippen molar-refractivity contribution in [3.05, 3.63) is 12.2 Å². The molecule has 17 heavy (non-hydrogen) atoms. The first kappa shape index (κ1) is 14.8. The van der Waals surface area contributed by atoms with Crippen molar-refractivity contribution in [1.82, 2.24) is 0 Å². The molecular formula is C14H27BO2. The first-order chi connectivity index (χ1) is 7.89. The maximum atomic E-state index is 5.95. The molecule has 0 atom stereocenters. The predicted molar refractivity (Wildman–Crippen MR) is 74.2 cm³/mol. The third-order valence-corrected chi connectivity index (χ3v) is 3.77. The highest BCUT2D eigenvalue weighted by Gasteiger charge is 2.50. The van der Waals surface area contributed by atoms with Crippen LogP contribution >= 0.6 is 0 Å². The molecule has 3 heteroatoms. The van der Waals surface area contributed by atoms with Crippen LogP contribution in [0.2, 0.25) is 6.32 Å². The van der Waals surface area contributed by atoms with Gasteiger partial charge >= 0.3 is 7.12 Å². The van der Waals surface area contributed by atoms with Crippen LogP contribution in [-0.4, -0.2) is 18.3 Å². The maximum absolute atomic E-state index is 5.95. The zero-order chi connectivity index (χ0) is 12.9. The minimum atomic E-state index is -0.181. The molecule has 0 aromatic carbocycles. The van der Waals surface area contributed by atoms with Crippen LogP contribution in [-0.2, 0) is 9.31 Å². The van der Waals surface area contributed by atoms with E-state index in [1.54, 1.807) is 0 Å². The zero-order valence-corrected chi connectivity index (χ0v) is 12.1. The minimum absolute atomic E-state index is 0.0184. The predicted octanol–water partition coefficient (Wildman–Crippen LogP) is 4.22. The van der Waals surface area contributed by atoms with Crippen molar-refractivity contribution in [2.45, 2.75) is 77.8 Å². The third kappa shape index (κ3) is 4.15. The molecule has 1 aliphatic rings. The van der Waals surface area contributed by atoms with E-state index in [2.05, 4.69) is 46.8 Å². The molecule has 2 nitrogen and oxygen atoms in total. The van der Waals surface area contributed by atoms with Gasteiger partial charge in [0.1, 0.15) is 0 Å². The van der Waals surface area contributed by atoms with E-state index in [9.17, 15) is 0 Å². The van der Waals surface area contributed by atoms with Crippen LogP contribution in [0.5, 0.6) is 0 Å². The van der Waals surface area contributed by atoms with Gasteiger partial charge in [-0.05, 0) is 46.9 Å². The lowest BCUT2D eigenvalue weighted by atomic mass is 9.82. The van der Waals surface area contributed by atoms with Crippen molar-refractivity contribution in [2.75, 3.05) is 0 Å². The smallest absolute Gasteiger partial charge is 0.403 e. The molecule has 0 saturated carbocycles. The Balaban J connectivity index is 2.20. The molecule has 0 bridgehead atoms. The Labute approximate surface area is 107 Å². The van der Waals surface area contributed by atoms with E-state index in [1.165, 1.54) is 19.3 Å². The lowest BCUT2D eigenvalue weighted by Crippen LogP contribution is -2.41. The molecule has 0 aromatic heterocycles. The summed E-state index contributed by atoms with van der Waals surface area (Å²) in [5.74, 6) is 0. The van der Waals surface area contributed by atoms with Crippen LogP contribution in [0.3, 0.4) is 0 Å². The van der Waals surface area contributed by atoms with Crippen LogP contribution in [0.15, 0.2) is 12.2 Å². The summed E-state index contributed by atoms with van der Waals surface area (Å²) in [6, 6.07) is 0. The first-order valence-corrected chi connectivity index (χ1v) is 6.89. The van der Waals surface area contributed by atoms with E-state index < -0.39 is 0 Å². The SMILES string of the molecule is CC/C=C/CCCCB1OC(C)(C)C(C)(C)O1. The second kappa shape index (κ2) is 6.06. The molecule has 1 fully saturated rings. The lowest BCUT2D eigenvalue weighted by Gasteiger charge is -2.32. The molecule has 0 spiro atoms. The van der Waals surface area contributed by atoms with Crippen molar-refractivity contribution in [3.8, 4) is 0 Å². The molecule has 1 saturated heterocycles. The number of hydrogen-bond donors (Lipinski definition) is 0. The summed E-state index contributed by atoms with van der Waals surface area (Å²) in [6.45, 7) is 10.6. The van der Waals surface area contributed by atoms with Gasteiger partial charge in [0.25, 0.3) is 0 Å². The highest BCUT2D eigenvalue weighted by Crippen LogP contribution is 2.38. The van der Waals surface area contributed by atoms with Gasteiger partial charge in [0, 0.05) is 0 Å². The highest BCUT2D eigenvalue weighted by molar-refractivity contribution is 6.45. The Morgan fingerprint density at radius 3 is 2.06 bits per heavy atom. The fraction of sp³-hybridized carbons (Fsp3) is 0.857. The lowest BCUT2D eigenvalue weighted by molar-refractivity contribution is 0.00578. The summed E-state index contributed by atoms with van der Waals surface area (Å²) in [5.41, 5.74) is -0.362.